The van der Waals surface area contributed by atoms with Gasteiger partial charge in [0.15, 0.2) is 5.65 Å². The molecule has 0 spiro atoms. The van der Waals surface area contributed by atoms with E-state index in [0.29, 0.717) is 17.0 Å². The van der Waals surface area contributed by atoms with Crippen LogP contribution in [-0.2, 0) is 11.3 Å². The number of amides is 1. The highest BCUT2D eigenvalue weighted by Gasteiger charge is 2.13. The largest absolute Gasteiger partial charge is 0.367 e. The van der Waals surface area contributed by atoms with Gasteiger partial charge in [-0.05, 0) is 36.4 Å². The number of fused-ring (bicyclic) bond motifs is 1. The van der Waals surface area contributed by atoms with Gasteiger partial charge >= 0.3 is 5.69 Å². The van der Waals surface area contributed by atoms with Crippen LogP contribution in [-0.4, -0.2) is 25.3 Å². The van der Waals surface area contributed by atoms with Gasteiger partial charge in [-0.3, -0.25) is 4.79 Å². The summed E-state index contributed by atoms with van der Waals surface area (Å²) in [6.07, 6.45) is 0. The van der Waals surface area contributed by atoms with Crippen LogP contribution in [0.15, 0.2) is 71.5 Å². The van der Waals surface area contributed by atoms with Crippen molar-refractivity contribution >= 4 is 17.2 Å². The number of halogens is 1. The number of hydrogen-bond donors (Lipinski definition) is 1. The number of anilines is 1. The minimum atomic E-state index is -0.517. The molecule has 2 aromatic carbocycles. The second-order valence-corrected chi connectivity index (χ2v) is 5.85. The highest BCUT2D eigenvalue weighted by atomic mass is 19.1. The van der Waals surface area contributed by atoms with Crippen molar-refractivity contribution in [3.63, 3.8) is 0 Å². The van der Waals surface area contributed by atoms with Crippen molar-refractivity contribution in [1.82, 2.24) is 19.4 Å². The Balaban J connectivity index is 1.59. The summed E-state index contributed by atoms with van der Waals surface area (Å²) >= 11 is 0. The second-order valence-electron chi connectivity index (χ2n) is 5.85. The Hall–Kier alpha value is -3.81. The number of carbonyl (C=O) groups is 1. The maximum Gasteiger partial charge on any atom is 0.367 e. The molecule has 0 aliphatic carbocycles. The van der Waals surface area contributed by atoms with E-state index in [1.165, 1.54) is 24.3 Å². The van der Waals surface area contributed by atoms with Crippen LogP contribution in [0.1, 0.15) is 0 Å². The van der Waals surface area contributed by atoms with Gasteiger partial charge in [-0.25, -0.2) is 13.9 Å². The molecule has 1 N–H and O–H groups in total. The molecule has 0 unspecified atom stereocenters. The van der Waals surface area contributed by atoms with Gasteiger partial charge < -0.3 is 5.32 Å². The van der Waals surface area contributed by atoms with Gasteiger partial charge in [0.25, 0.3) is 0 Å². The average molecular weight is 363 g/mol. The van der Waals surface area contributed by atoms with Gasteiger partial charge in [-0.15, -0.1) is 5.10 Å². The molecule has 1 amide bonds. The molecule has 0 aliphatic rings. The minimum Gasteiger partial charge on any atom is -0.324 e. The van der Waals surface area contributed by atoms with Gasteiger partial charge in [0, 0.05) is 11.3 Å². The highest BCUT2D eigenvalue weighted by molar-refractivity contribution is 5.90. The fourth-order valence-corrected chi connectivity index (χ4v) is 2.64. The molecule has 0 radical (unpaired) electrons. The summed E-state index contributed by atoms with van der Waals surface area (Å²) < 4.78 is 15.1. The van der Waals surface area contributed by atoms with Crippen LogP contribution in [0.4, 0.5) is 10.1 Å². The zero-order valence-corrected chi connectivity index (χ0v) is 14.0. The molecular weight excluding hydrogens is 349 g/mol. The molecule has 4 aromatic rings. The van der Waals surface area contributed by atoms with Crippen LogP contribution in [0.25, 0.3) is 16.9 Å². The SMILES string of the molecule is O=C(Cn1nc2ccc(-c3ccccc3)nn2c1=O)Nc1ccc(F)cc1. The van der Waals surface area contributed by atoms with Crippen molar-refractivity contribution < 1.29 is 9.18 Å². The van der Waals surface area contributed by atoms with Crippen LogP contribution in [0.3, 0.4) is 0 Å². The number of nitrogens with zero attached hydrogens (tertiary/aromatic N) is 4. The fourth-order valence-electron chi connectivity index (χ4n) is 2.64. The maximum atomic E-state index is 12.9. The van der Waals surface area contributed by atoms with Crippen molar-refractivity contribution in [1.29, 1.82) is 0 Å². The summed E-state index contributed by atoms with van der Waals surface area (Å²) in [5.41, 5.74) is 1.75. The van der Waals surface area contributed by atoms with Crippen molar-refractivity contribution in [2.24, 2.45) is 0 Å². The van der Waals surface area contributed by atoms with Gasteiger partial charge in [0.2, 0.25) is 5.91 Å². The summed E-state index contributed by atoms with van der Waals surface area (Å²) in [6.45, 7) is -0.278. The van der Waals surface area contributed by atoms with Crippen LogP contribution in [0, 0.1) is 5.82 Å². The molecular formula is C19H14FN5O2. The van der Waals surface area contributed by atoms with Crippen molar-refractivity contribution in [3.8, 4) is 11.3 Å². The molecule has 0 fully saturated rings. The van der Waals surface area contributed by atoms with Crippen molar-refractivity contribution in [2.75, 3.05) is 5.32 Å². The second kappa shape index (κ2) is 6.83. The van der Waals surface area contributed by atoms with E-state index in [1.807, 2.05) is 30.3 Å². The summed E-state index contributed by atoms with van der Waals surface area (Å²) in [6, 6.07) is 18.2. The number of nitrogens with one attached hydrogen (secondary N) is 1. The highest BCUT2D eigenvalue weighted by Crippen LogP contribution is 2.15. The lowest BCUT2D eigenvalue weighted by Crippen LogP contribution is -2.28. The lowest BCUT2D eigenvalue weighted by Gasteiger charge is -2.04. The van der Waals surface area contributed by atoms with Gasteiger partial charge in [-0.1, -0.05) is 30.3 Å². The van der Waals surface area contributed by atoms with Crippen molar-refractivity contribution in [2.45, 2.75) is 6.54 Å². The third kappa shape index (κ3) is 3.45. The number of carbonyl (C=O) groups excluding carboxylic acids is 1. The molecule has 4 rings (SSSR count). The Morgan fingerprint density at radius 2 is 1.70 bits per heavy atom. The quantitative estimate of drug-likeness (QED) is 0.603. The van der Waals surface area contributed by atoms with Gasteiger partial charge in [0.05, 0.1) is 5.69 Å². The molecule has 2 heterocycles. The van der Waals surface area contributed by atoms with Crippen LogP contribution in [0.5, 0.6) is 0 Å². The molecule has 27 heavy (non-hydrogen) atoms. The predicted molar refractivity (Wildman–Crippen MR) is 97.7 cm³/mol. The predicted octanol–water partition coefficient (Wildman–Crippen LogP) is 2.34. The molecule has 0 saturated heterocycles. The lowest BCUT2D eigenvalue weighted by molar-refractivity contribution is -0.117. The zero-order chi connectivity index (χ0) is 18.8. The van der Waals surface area contributed by atoms with E-state index in [0.717, 1.165) is 14.8 Å². The Bertz CT molecular complexity index is 1170. The van der Waals surface area contributed by atoms with Crippen LogP contribution in [0.2, 0.25) is 0 Å². The van der Waals surface area contributed by atoms with Crippen LogP contribution >= 0.6 is 0 Å². The number of benzene rings is 2. The molecule has 0 atom stereocenters. The third-order valence-corrected chi connectivity index (χ3v) is 3.93. The zero-order valence-electron chi connectivity index (χ0n) is 14.0. The summed E-state index contributed by atoms with van der Waals surface area (Å²) in [4.78, 5) is 24.7. The number of rotatable bonds is 4. The maximum absolute atomic E-state index is 12.9. The Morgan fingerprint density at radius 1 is 0.963 bits per heavy atom. The van der Waals surface area contributed by atoms with E-state index in [-0.39, 0.29) is 6.54 Å². The van der Waals surface area contributed by atoms with E-state index in [9.17, 15) is 14.0 Å². The van der Waals surface area contributed by atoms with Gasteiger partial charge in [0.1, 0.15) is 12.4 Å². The average Bonchev–Trinajstić information content (AvgIpc) is 2.99. The molecule has 0 bridgehead atoms. The molecule has 0 aliphatic heterocycles. The first-order valence-corrected chi connectivity index (χ1v) is 8.18. The van der Waals surface area contributed by atoms with E-state index in [1.54, 1.807) is 12.1 Å². The Labute approximate surface area is 152 Å². The summed E-state index contributed by atoms with van der Waals surface area (Å²) in [7, 11) is 0. The molecule has 7 nitrogen and oxygen atoms in total. The fraction of sp³-hybridized carbons (Fsp3) is 0.0526. The smallest absolute Gasteiger partial charge is 0.324 e. The summed E-state index contributed by atoms with van der Waals surface area (Å²) in [5, 5.41) is 11.0. The minimum absolute atomic E-state index is 0.278. The Morgan fingerprint density at radius 3 is 2.44 bits per heavy atom. The normalized spacial score (nSPS) is 10.9. The number of aromatic nitrogens is 4. The van der Waals surface area contributed by atoms with Crippen molar-refractivity contribution in [3.05, 3.63) is 83.0 Å². The molecule has 2 aromatic heterocycles. The van der Waals surface area contributed by atoms with Crippen LogP contribution < -0.4 is 11.0 Å². The van der Waals surface area contributed by atoms with Gasteiger partial charge in [-0.2, -0.15) is 9.61 Å². The first-order chi connectivity index (χ1) is 13.1. The monoisotopic (exact) mass is 363 g/mol. The lowest BCUT2D eigenvalue weighted by atomic mass is 10.1. The van der Waals surface area contributed by atoms with E-state index in [4.69, 9.17) is 0 Å². The molecule has 8 heteroatoms. The molecule has 0 saturated carbocycles. The number of hydrogen-bond acceptors (Lipinski definition) is 4. The van der Waals surface area contributed by atoms with E-state index < -0.39 is 17.4 Å². The first-order valence-electron chi connectivity index (χ1n) is 8.18. The molecule has 134 valence electrons. The first kappa shape index (κ1) is 16.6. The third-order valence-electron chi connectivity index (χ3n) is 3.93. The Kier molecular flexibility index (Phi) is 4.21. The topological polar surface area (TPSA) is 81.3 Å². The van der Waals surface area contributed by atoms with E-state index >= 15 is 0 Å². The summed E-state index contributed by atoms with van der Waals surface area (Å²) in [5.74, 6) is -0.847. The standard InChI is InChI=1S/C19H14FN5O2/c20-14-6-8-15(9-7-14)21-18(26)12-24-19(27)25-17(23-24)11-10-16(22-25)13-4-2-1-3-5-13/h1-11H,12H2,(H,21,26). The van der Waals surface area contributed by atoms with E-state index in [2.05, 4.69) is 15.5 Å².